The summed E-state index contributed by atoms with van der Waals surface area (Å²) in [6.45, 7) is 3.09. The van der Waals surface area contributed by atoms with Crippen LogP contribution < -0.4 is 0 Å². The van der Waals surface area contributed by atoms with Crippen molar-refractivity contribution in [2.45, 2.75) is 13.3 Å². The fourth-order valence-corrected chi connectivity index (χ4v) is 0.754. The maximum Gasteiger partial charge on any atom is 0.131 e. The molecule has 0 aromatic carbocycles. The molecule has 1 heterocycles. The van der Waals surface area contributed by atoms with Gasteiger partial charge in [0, 0.05) is 13.0 Å². The Balaban J connectivity index is 2.27. The molecule has 3 heteroatoms. The molecule has 0 saturated heterocycles. The summed E-state index contributed by atoms with van der Waals surface area (Å²) in [5, 5.41) is 8.90. The van der Waals surface area contributed by atoms with Gasteiger partial charge in [-0.15, -0.1) is 0 Å². The van der Waals surface area contributed by atoms with Crippen molar-refractivity contribution >= 4 is 0 Å². The molecule has 0 aromatic heterocycles. The molecule has 62 valence electrons. The van der Waals surface area contributed by atoms with E-state index in [1.54, 1.807) is 0 Å². The first kappa shape index (κ1) is 8.14. The number of aliphatic hydroxyl groups is 1. The Bertz CT molecular complexity index is 182. The molecule has 0 unspecified atom stereocenters. The van der Waals surface area contributed by atoms with Gasteiger partial charge in [-0.2, -0.15) is 0 Å². The van der Waals surface area contributed by atoms with Crippen LogP contribution in [-0.4, -0.2) is 18.3 Å². The summed E-state index contributed by atoms with van der Waals surface area (Å²) in [6.07, 6.45) is 3.70. The van der Waals surface area contributed by atoms with Crippen LogP contribution >= 0.6 is 0 Å². The van der Waals surface area contributed by atoms with Crippen LogP contribution in [0.2, 0.25) is 0 Å². The molecular formula is C8H12O3. The third-order valence-corrected chi connectivity index (χ3v) is 1.33. The van der Waals surface area contributed by atoms with Crippen molar-refractivity contribution in [2.75, 3.05) is 13.2 Å². The van der Waals surface area contributed by atoms with Gasteiger partial charge in [-0.25, -0.2) is 0 Å². The van der Waals surface area contributed by atoms with Crippen molar-refractivity contribution in [1.82, 2.24) is 0 Å². The normalized spacial score (nSPS) is 16.8. The lowest BCUT2D eigenvalue weighted by Crippen LogP contribution is -2.02. The minimum Gasteiger partial charge on any atom is -0.509 e. The monoisotopic (exact) mass is 156 g/mol. The van der Waals surface area contributed by atoms with Gasteiger partial charge >= 0.3 is 0 Å². The maximum absolute atomic E-state index is 8.90. The highest BCUT2D eigenvalue weighted by Gasteiger charge is 2.04. The summed E-state index contributed by atoms with van der Waals surface area (Å²) in [4.78, 5) is 0. The van der Waals surface area contributed by atoms with Crippen molar-refractivity contribution in [3.05, 3.63) is 23.9 Å². The summed E-state index contributed by atoms with van der Waals surface area (Å²) >= 11 is 0. The summed E-state index contributed by atoms with van der Waals surface area (Å²) < 4.78 is 10.1. The number of hydrogen-bond donors (Lipinski definition) is 1. The fourth-order valence-electron chi connectivity index (χ4n) is 0.754. The van der Waals surface area contributed by atoms with Gasteiger partial charge < -0.3 is 14.6 Å². The van der Waals surface area contributed by atoms with E-state index in [-0.39, 0.29) is 5.76 Å². The van der Waals surface area contributed by atoms with E-state index in [9.17, 15) is 0 Å². The Labute approximate surface area is 65.9 Å². The second-order valence-corrected chi connectivity index (χ2v) is 2.24. The fraction of sp³-hybridized carbons (Fsp3) is 0.500. The summed E-state index contributed by atoms with van der Waals surface area (Å²) in [6, 6.07) is 0. The second kappa shape index (κ2) is 4.03. The molecule has 0 bridgehead atoms. The molecule has 0 aliphatic carbocycles. The second-order valence-electron chi connectivity index (χ2n) is 2.24. The van der Waals surface area contributed by atoms with Crippen molar-refractivity contribution in [1.29, 1.82) is 0 Å². The van der Waals surface area contributed by atoms with Crippen LogP contribution in [-0.2, 0) is 9.47 Å². The zero-order valence-electron chi connectivity index (χ0n) is 6.54. The number of rotatable bonds is 3. The first-order valence-electron chi connectivity index (χ1n) is 3.64. The van der Waals surface area contributed by atoms with E-state index in [1.165, 1.54) is 6.26 Å². The molecule has 1 aliphatic heterocycles. The van der Waals surface area contributed by atoms with E-state index in [4.69, 9.17) is 14.6 Å². The van der Waals surface area contributed by atoms with Crippen LogP contribution in [0.3, 0.4) is 0 Å². The van der Waals surface area contributed by atoms with Gasteiger partial charge in [0.15, 0.2) is 0 Å². The predicted molar refractivity (Wildman–Crippen MR) is 41.0 cm³/mol. The Morgan fingerprint density at radius 2 is 2.55 bits per heavy atom. The SMILES string of the molecule is CCOCC1=CCC(O)=CO1. The molecule has 0 fully saturated rings. The average molecular weight is 156 g/mol. The van der Waals surface area contributed by atoms with Crippen LogP contribution in [0.5, 0.6) is 0 Å². The van der Waals surface area contributed by atoms with Crippen molar-refractivity contribution < 1.29 is 14.6 Å². The standard InChI is InChI=1S/C8H12O3/c1-2-10-6-8-4-3-7(9)5-11-8/h4-5,9H,2-3,6H2,1H3. The van der Waals surface area contributed by atoms with Crippen LogP contribution in [0.4, 0.5) is 0 Å². The number of allylic oxidation sites excluding steroid dienone is 1. The molecule has 0 amide bonds. The lowest BCUT2D eigenvalue weighted by molar-refractivity contribution is 0.129. The van der Waals surface area contributed by atoms with Gasteiger partial charge in [0.1, 0.15) is 24.4 Å². The van der Waals surface area contributed by atoms with Gasteiger partial charge in [-0.05, 0) is 13.0 Å². The molecular weight excluding hydrogens is 144 g/mol. The number of aliphatic hydroxyl groups excluding tert-OH is 1. The van der Waals surface area contributed by atoms with E-state index in [2.05, 4.69) is 0 Å². The highest BCUT2D eigenvalue weighted by molar-refractivity contribution is 5.07. The molecule has 1 rings (SSSR count). The average Bonchev–Trinajstić information content (AvgIpc) is 2.04. The van der Waals surface area contributed by atoms with Crippen molar-refractivity contribution in [3.8, 4) is 0 Å². The molecule has 0 aromatic rings. The van der Waals surface area contributed by atoms with Crippen molar-refractivity contribution in [3.63, 3.8) is 0 Å². The Hall–Kier alpha value is -0.960. The molecule has 1 aliphatic rings. The van der Waals surface area contributed by atoms with Gasteiger partial charge in [-0.3, -0.25) is 0 Å². The maximum atomic E-state index is 8.90. The highest BCUT2D eigenvalue weighted by atomic mass is 16.5. The van der Waals surface area contributed by atoms with E-state index < -0.39 is 0 Å². The van der Waals surface area contributed by atoms with E-state index in [0.29, 0.717) is 19.6 Å². The lowest BCUT2D eigenvalue weighted by atomic mass is 10.3. The zero-order valence-corrected chi connectivity index (χ0v) is 6.54. The number of ether oxygens (including phenoxy) is 2. The number of hydrogen-bond acceptors (Lipinski definition) is 3. The largest absolute Gasteiger partial charge is 0.509 e. The predicted octanol–water partition coefficient (Wildman–Crippen LogP) is 1.73. The summed E-state index contributed by atoms with van der Waals surface area (Å²) in [5.74, 6) is 1.02. The molecule has 1 N–H and O–H groups in total. The minimum atomic E-state index is 0.255. The zero-order chi connectivity index (χ0) is 8.10. The molecule has 0 atom stereocenters. The molecule has 3 nitrogen and oxygen atoms in total. The van der Waals surface area contributed by atoms with Crippen LogP contribution in [0.25, 0.3) is 0 Å². The van der Waals surface area contributed by atoms with Crippen molar-refractivity contribution in [2.24, 2.45) is 0 Å². The van der Waals surface area contributed by atoms with Gasteiger partial charge in [0.25, 0.3) is 0 Å². The summed E-state index contributed by atoms with van der Waals surface area (Å²) in [7, 11) is 0. The molecule has 0 radical (unpaired) electrons. The Kier molecular flexibility index (Phi) is 2.98. The smallest absolute Gasteiger partial charge is 0.131 e. The van der Waals surface area contributed by atoms with E-state index >= 15 is 0 Å². The van der Waals surface area contributed by atoms with E-state index in [0.717, 1.165) is 5.76 Å². The van der Waals surface area contributed by atoms with Crippen LogP contribution in [0.15, 0.2) is 23.9 Å². The van der Waals surface area contributed by atoms with Crippen LogP contribution in [0, 0.1) is 0 Å². The quantitative estimate of drug-likeness (QED) is 0.676. The summed E-state index contributed by atoms with van der Waals surface area (Å²) in [5.41, 5.74) is 0. The van der Waals surface area contributed by atoms with E-state index in [1.807, 2.05) is 13.0 Å². The Morgan fingerprint density at radius 1 is 1.73 bits per heavy atom. The Morgan fingerprint density at radius 3 is 3.09 bits per heavy atom. The first-order valence-corrected chi connectivity index (χ1v) is 3.64. The molecule has 0 saturated carbocycles. The molecule has 0 spiro atoms. The van der Waals surface area contributed by atoms with Crippen LogP contribution in [0.1, 0.15) is 13.3 Å². The third-order valence-electron chi connectivity index (χ3n) is 1.33. The van der Waals surface area contributed by atoms with Gasteiger partial charge in [-0.1, -0.05) is 0 Å². The topological polar surface area (TPSA) is 38.7 Å². The minimum absolute atomic E-state index is 0.255. The van der Waals surface area contributed by atoms with Gasteiger partial charge in [0.05, 0.1) is 0 Å². The highest BCUT2D eigenvalue weighted by Crippen LogP contribution is 2.12. The molecule has 11 heavy (non-hydrogen) atoms. The third kappa shape index (κ3) is 2.63. The lowest BCUT2D eigenvalue weighted by Gasteiger charge is -2.10. The van der Waals surface area contributed by atoms with Gasteiger partial charge in [0.2, 0.25) is 0 Å². The first-order chi connectivity index (χ1) is 5.33.